The maximum absolute atomic E-state index is 12.1. The molecule has 1 aromatic carbocycles. The number of ether oxygens (including phenoxy) is 1. The summed E-state index contributed by atoms with van der Waals surface area (Å²) in [6.45, 7) is 8.62. The molecule has 0 saturated heterocycles. The zero-order valence-electron chi connectivity index (χ0n) is 13.0. The van der Waals surface area contributed by atoms with Crippen molar-refractivity contribution in [2.75, 3.05) is 12.3 Å². The van der Waals surface area contributed by atoms with Crippen molar-refractivity contribution in [2.24, 2.45) is 0 Å². The monoisotopic (exact) mass is 278 g/mol. The van der Waals surface area contributed by atoms with Crippen molar-refractivity contribution in [1.29, 1.82) is 0 Å². The van der Waals surface area contributed by atoms with Crippen LogP contribution in [0.25, 0.3) is 0 Å². The van der Waals surface area contributed by atoms with Crippen LogP contribution in [0.15, 0.2) is 18.2 Å². The zero-order chi connectivity index (χ0) is 15.2. The normalized spacial score (nSPS) is 11.2. The van der Waals surface area contributed by atoms with Crippen molar-refractivity contribution in [3.63, 3.8) is 0 Å². The molecule has 0 spiro atoms. The lowest BCUT2D eigenvalue weighted by atomic mass is 10.1. The van der Waals surface area contributed by atoms with Gasteiger partial charge in [-0.25, -0.2) is 0 Å². The minimum atomic E-state index is -0.263. The minimum absolute atomic E-state index is 0.115. The second-order valence-corrected chi connectivity index (χ2v) is 6.01. The fourth-order valence-corrected chi connectivity index (χ4v) is 1.75. The molecule has 0 heterocycles. The van der Waals surface area contributed by atoms with Gasteiger partial charge in [0.2, 0.25) is 0 Å². The maximum Gasteiger partial charge on any atom is 0.251 e. The van der Waals surface area contributed by atoms with Gasteiger partial charge in [0, 0.05) is 11.1 Å². The Bertz CT molecular complexity index is 450. The van der Waals surface area contributed by atoms with Crippen LogP contribution in [0.5, 0.6) is 5.75 Å². The molecule has 0 aliphatic heterocycles. The number of nitrogen functional groups attached to an aromatic ring is 1. The number of rotatable bonds is 6. The molecule has 3 N–H and O–H groups in total. The number of carbonyl (C=O) groups excluding carboxylic acids is 1. The van der Waals surface area contributed by atoms with E-state index in [1.165, 1.54) is 0 Å². The van der Waals surface area contributed by atoms with Crippen LogP contribution in [0.4, 0.5) is 5.69 Å². The molecule has 0 radical (unpaired) electrons. The summed E-state index contributed by atoms with van der Waals surface area (Å²) in [5.41, 5.74) is 6.74. The lowest BCUT2D eigenvalue weighted by molar-refractivity contribution is 0.0919. The third-order valence-corrected chi connectivity index (χ3v) is 2.77. The van der Waals surface area contributed by atoms with Gasteiger partial charge in [0.05, 0.1) is 12.3 Å². The van der Waals surface area contributed by atoms with Crippen LogP contribution in [0, 0.1) is 0 Å². The smallest absolute Gasteiger partial charge is 0.251 e. The fourth-order valence-electron chi connectivity index (χ4n) is 1.75. The van der Waals surface area contributed by atoms with Gasteiger partial charge >= 0.3 is 0 Å². The largest absolute Gasteiger partial charge is 0.491 e. The Hall–Kier alpha value is -1.71. The third kappa shape index (κ3) is 5.51. The number of carbonyl (C=O) groups is 1. The second-order valence-electron chi connectivity index (χ2n) is 6.01. The number of benzene rings is 1. The standard InChI is InChI=1S/C16H26N2O2/c1-5-6-7-10-20-14-11-12(8-9-13(14)17)15(19)18-16(2,3)4/h8-9,11H,5-7,10,17H2,1-4H3,(H,18,19). The van der Waals surface area contributed by atoms with Crippen molar-refractivity contribution < 1.29 is 9.53 Å². The molecule has 20 heavy (non-hydrogen) atoms. The molecule has 1 amide bonds. The molecule has 0 bridgehead atoms. The zero-order valence-corrected chi connectivity index (χ0v) is 13.0. The van der Waals surface area contributed by atoms with Crippen LogP contribution < -0.4 is 15.8 Å². The summed E-state index contributed by atoms with van der Waals surface area (Å²) in [5.74, 6) is 0.471. The number of amides is 1. The van der Waals surface area contributed by atoms with E-state index in [0.29, 0.717) is 23.6 Å². The van der Waals surface area contributed by atoms with Gasteiger partial charge in [0.1, 0.15) is 5.75 Å². The van der Waals surface area contributed by atoms with Crippen LogP contribution >= 0.6 is 0 Å². The molecule has 4 nitrogen and oxygen atoms in total. The van der Waals surface area contributed by atoms with E-state index < -0.39 is 0 Å². The van der Waals surface area contributed by atoms with Gasteiger partial charge < -0.3 is 15.8 Å². The Morgan fingerprint density at radius 2 is 2.00 bits per heavy atom. The van der Waals surface area contributed by atoms with Gasteiger partial charge in [-0.3, -0.25) is 4.79 Å². The molecule has 0 aromatic heterocycles. The minimum Gasteiger partial charge on any atom is -0.491 e. The van der Waals surface area contributed by atoms with Crippen LogP contribution in [-0.2, 0) is 0 Å². The first-order chi connectivity index (χ1) is 9.33. The van der Waals surface area contributed by atoms with Crippen molar-refractivity contribution in [1.82, 2.24) is 5.32 Å². The molecule has 1 rings (SSSR count). The second kappa shape index (κ2) is 7.17. The molecule has 0 aliphatic carbocycles. The van der Waals surface area contributed by atoms with E-state index in [-0.39, 0.29) is 11.4 Å². The van der Waals surface area contributed by atoms with E-state index in [9.17, 15) is 4.79 Å². The van der Waals surface area contributed by atoms with Gasteiger partial charge in [-0.2, -0.15) is 0 Å². The number of unbranched alkanes of at least 4 members (excludes halogenated alkanes) is 2. The van der Waals surface area contributed by atoms with Crippen molar-refractivity contribution in [2.45, 2.75) is 52.5 Å². The van der Waals surface area contributed by atoms with Crippen LogP contribution in [0.3, 0.4) is 0 Å². The van der Waals surface area contributed by atoms with Crippen molar-refractivity contribution >= 4 is 11.6 Å². The topological polar surface area (TPSA) is 64.3 Å². The van der Waals surface area contributed by atoms with Gasteiger partial charge in [-0.1, -0.05) is 19.8 Å². The summed E-state index contributed by atoms with van der Waals surface area (Å²) in [6, 6.07) is 5.14. The molecule has 0 saturated carbocycles. The first-order valence-corrected chi connectivity index (χ1v) is 7.18. The quantitative estimate of drug-likeness (QED) is 0.619. The predicted octanol–water partition coefficient (Wildman–Crippen LogP) is 3.37. The van der Waals surface area contributed by atoms with E-state index in [4.69, 9.17) is 10.5 Å². The Labute approximate surface area is 121 Å². The molecule has 0 aliphatic rings. The molecule has 0 unspecified atom stereocenters. The number of nitrogens with two attached hydrogens (primary N) is 1. The number of nitrogens with one attached hydrogen (secondary N) is 1. The van der Waals surface area contributed by atoms with Crippen LogP contribution in [0.2, 0.25) is 0 Å². The summed E-state index contributed by atoms with van der Waals surface area (Å²) in [6.07, 6.45) is 3.27. The highest BCUT2D eigenvalue weighted by Gasteiger charge is 2.16. The summed E-state index contributed by atoms with van der Waals surface area (Å²) in [4.78, 5) is 12.1. The van der Waals surface area contributed by atoms with Crippen LogP contribution in [-0.4, -0.2) is 18.1 Å². The summed E-state index contributed by atoms with van der Waals surface area (Å²) < 4.78 is 5.65. The maximum atomic E-state index is 12.1. The summed E-state index contributed by atoms with van der Waals surface area (Å²) in [5, 5.41) is 2.92. The molecule has 0 fully saturated rings. The molecular weight excluding hydrogens is 252 g/mol. The highest BCUT2D eigenvalue weighted by molar-refractivity contribution is 5.95. The van der Waals surface area contributed by atoms with E-state index in [0.717, 1.165) is 19.3 Å². The van der Waals surface area contributed by atoms with Gasteiger partial charge in [0.25, 0.3) is 5.91 Å². The highest BCUT2D eigenvalue weighted by Crippen LogP contribution is 2.23. The Morgan fingerprint density at radius 1 is 1.30 bits per heavy atom. The van der Waals surface area contributed by atoms with E-state index >= 15 is 0 Å². The molecule has 4 heteroatoms. The van der Waals surface area contributed by atoms with E-state index in [1.54, 1.807) is 18.2 Å². The molecule has 112 valence electrons. The Kier molecular flexibility index (Phi) is 5.86. The first-order valence-electron chi connectivity index (χ1n) is 7.18. The van der Waals surface area contributed by atoms with Gasteiger partial charge in [-0.05, 0) is 45.4 Å². The average molecular weight is 278 g/mol. The molecule has 1 aromatic rings. The summed E-state index contributed by atoms with van der Waals surface area (Å²) in [7, 11) is 0. The lowest BCUT2D eigenvalue weighted by Gasteiger charge is -2.20. The Morgan fingerprint density at radius 3 is 2.60 bits per heavy atom. The Balaban J connectivity index is 2.72. The SMILES string of the molecule is CCCCCOc1cc(C(=O)NC(C)(C)C)ccc1N. The lowest BCUT2D eigenvalue weighted by Crippen LogP contribution is -2.40. The van der Waals surface area contributed by atoms with Crippen molar-refractivity contribution in [3.05, 3.63) is 23.8 Å². The summed E-state index contributed by atoms with van der Waals surface area (Å²) >= 11 is 0. The number of hydrogen-bond donors (Lipinski definition) is 2. The highest BCUT2D eigenvalue weighted by atomic mass is 16.5. The van der Waals surface area contributed by atoms with Crippen LogP contribution in [0.1, 0.15) is 57.3 Å². The molecular formula is C16H26N2O2. The molecule has 0 atom stereocenters. The van der Waals surface area contributed by atoms with Crippen molar-refractivity contribution in [3.8, 4) is 5.75 Å². The fraction of sp³-hybridized carbons (Fsp3) is 0.562. The predicted molar refractivity (Wildman–Crippen MR) is 83.1 cm³/mol. The third-order valence-electron chi connectivity index (χ3n) is 2.77. The number of anilines is 1. The van der Waals surface area contributed by atoms with Gasteiger partial charge in [-0.15, -0.1) is 0 Å². The van der Waals surface area contributed by atoms with E-state index in [1.807, 2.05) is 20.8 Å². The van der Waals surface area contributed by atoms with Gasteiger partial charge in [0.15, 0.2) is 0 Å². The number of hydrogen-bond acceptors (Lipinski definition) is 3. The first kappa shape index (κ1) is 16.3. The average Bonchev–Trinajstić information content (AvgIpc) is 2.34. The van der Waals surface area contributed by atoms with E-state index in [2.05, 4.69) is 12.2 Å².